The van der Waals surface area contributed by atoms with Gasteiger partial charge in [0.05, 0.1) is 12.6 Å². The zero-order chi connectivity index (χ0) is 25.1. The molecule has 0 unspecified atom stereocenters. The Labute approximate surface area is 214 Å². The average molecular weight is 472 g/mol. The first-order chi connectivity index (χ1) is 17.4. The molecule has 2 nitrogen and oxygen atoms in total. The molecule has 4 aromatic carbocycles. The summed E-state index contributed by atoms with van der Waals surface area (Å²) >= 11 is 0. The van der Waals surface area contributed by atoms with Crippen molar-refractivity contribution in [3.05, 3.63) is 107 Å². The Balaban J connectivity index is 1.83. The minimum atomic E-state index is 0.418. The van der Waals surface area contributed by atoms with Gasteiger partial charge in [-0.3, -0.25) is 0 Å². The van der Waals surface area contributed by atoms with Crippen LogP contribution in [0.1, 0.15) is 67.3 Å². The van der Waals surface area contributed by atoms with Crippen molar-refractivity contribution in [2.75, 3.05) is 0 Å². The van der Waals surface area contributed by atoms with Crippen LogP contribution in [0.2, 0.25) is 0 Å². The summed E-state index contributed by atoms with van der Waals surface area (Å²) in [6.07, 6.45) is 1.01. The van der Waals surface area contributed by atoms with E-state index in [1.54, 1.807) is 0 Å². The van der Waals surface area contributed by atoms with Crippen molar-refractivity contribution in [2.45, 2.75) is 52.9 Å². The molecule has 180 valence electrons. The minimum absolute atomic E-state index is 0.418. The van der Waals surface area contributed by atoms with E-state index in [-0.39, 0.29) is 0 Å². The normalized spacial score (nSPS) is 12.6. The van der Waals surface area contributed by atoms with E-state index in [2.05, 4.69) is 130 Å². The summed E-state index contributed by atoms with van der Waals surface area (Å²) in [7, 11) is 2.26. The first-order valence-electron chi connectivity index (χ1n) is 13.2. The molecule has 5 aromatic rings. The molecular formula is C34H35N2+. The third-order valence-corrected chi connectivity index (χ3v) is 7.97. The smallest absolute Gasteiger partial charge is 0.225 e. The molecule has 1 aliphatic rings. The van der Waals surface area contributed by atoms with Crippen LogP contribution in [0.3, 0.4) is 0 Å². The second kappa shape index (κ2) is 8.48. The lowest BCUT2D eigenvalue weighted by molar-refractivity contribution is -0.633. The molecular weight excluding hydrogens is 436 g/mol. The highest BCUT2D eigenvalue weighted by Crippen LogP contribution is 2.43. The molecule has 0 spiro atoms. The van der Waals surface area contributed by atoms with Crippen molar-refractivity contribution in [1.82, 2.24) is 4.57 Å². The van der Waals surface area contributed by atoms with Crippen molar-refractivity contribution < 1.29 is 4.57 Å². The fraction of sp³-hybridized carbons (Fsp3) is 0.265. The number of benzene rings is 4. The zero-order valence-corrected chi connectivity index (χ0v) is 22.3. The van der Waals surface area contributed by atoms with E-state index in [1.165, 1.54) is 67.1 Å². The zero-order valence-electron chi connectivity index (χ0n) is 22.3. The molecule has 0 aliphatic heterocycles. The molecule has 0 saturated heterocycles. The van der Waals surface area contributed by atoms with Gasteiger partial charge in [-0.25, -0.2) is 4.57 Å². The second-order valence-corrected chi connectivity index (χ2v) is 10.9. The van der Waals surface area contributed by atoms with Crippen molar-refractivity contribution in [1.29, 1.82) is 0 Å². The highest BCUT2D eigenvalue weighted by Gasteiger charge is 2.35. The van der Waals surface area contributed by atoms with Gasteiger partial charge in [0, 0.05) is 16.7 Å². The highest BCUT2D eigenvalue weighted by molar-refractivity contribution is 5.97. The Morgan fingerprint density at radius 1 is 0.694 bits per heavy atom. The Morgan fingerprint density at radius 3 is 2.00 bits per heavy atom. The summed E-state index contributed by atoms with van der Waals surface area (Å²) in [5.41, 5.74) is 14.9. The lowest BCUT2D eigenvalue weighted by Gasteiger charge is -2.18. The Morgan fingerprint density at radius 2 is 1.33 bits per heavy atom. The molecule has 0 fully saturated rings. The molecule has 0 bridgehead atoms. The first-order valence-corrected chi connectivity index (χ1v) is 13.2. The Hall–Kier alpha value is -3.65. The molecule has 0 saturated carbocycles. The van der Waals surface area contributed by atoms with Crippen molar-refractivity contribution in [2.24, 2.45) is 7.05 Å². The molecule has 1 heterocycles. The largest absolute Gasteiger partial charge is 0.295 e. The molecule has 0 radical (unpaired) electrons. The van der Waals surface area contributed by atoms with Crippen LogP contribution in [0.4, 0.5) is 0 Å². The molecule has 36 heavy (non-hydrogen) atoms. The maximum absolute atomic E-state index is 2.57. The maximum Gasteiger partial charge on any atom is 0.295 e. The number of para-hydroxylation sites is 1. The van der Waals surface area contributed by atoms with Crippen LogP contribution in [-0.4, -0.2) is 4.57 Å². The van der Waals surface area contributed by atoms with Crippen LogP contribution >= 0.6 is 0 Å². The monoisotopic (exact) mass is 471 g/mol. The van der Waals surface area contributed by atoms with E-state index in [0.717, 1.165) is 6.42 Å². The first kappa shape index (κ1) is 22.8. The van der Waals surface area contributed by atoms with Crippen molar-refractivity contribution in [3.63, 3.8) is 0 Å². The molecule has 1 aliphatic carbocycles. The summed E-state index contributed by atoms with van der Waals surface area (Å²) < 4.78 is 5.03. The van der Waals surface area contributed by atoms with Gasteiger partial charge < -0.3 is 0 Å². The number of imidazole rings is 1. The second-order valence-electron chi connectivity index (χ2n) is 10.9. The topological polar surface area (TPSA) is 8.81 Å². The van der Waals surface area contributed by atoms with Crippen LogP contribution in [0.5, 0.6) is 0 Å². The summed E-state index contributed by atoms with van der Waals surface area (Å²) in [6, 6.07) is 29.4. The van der Waals surface area contributed by atoms with Crippen LogP contribution in [-0.2, 0) is 13.5 Å². The SMILES string of the molecule is Cc1ccccc1-c1n(-c2c(C(C)C)cccc2C(C)C)c2ccc3c(c2[n+]1C)-c1ccccc1C3. The number of aromatic nitrogens is 2. The van der Waals surface area contributed by atoms with E-state index >= 15 is 0 Å². The van der Waals surface area contributed by atoms with Gasteiger partial charge in [-0.1, -0.05) is 94.4 Å². The third kappa shape index (κ3) is 3.27. The van der Waals surface area contributed by atoms with Crippen LogP contribution < -0.4 is 4.57 Å². The summed E-state index contributed by atoms with van der Waals surface area (Å²) in [5.74, 6) is 2.08. The molecule has 0 atom stereocenters. The number of hydrogen-bond acceptors (Lipinski definition) is 0. The van der Waals surface area contributed by atoms with Crippen LogP contribution in [0.15, 0.2) is 78.9 Å². The standard InChI is InChI=1S/C34H35N2/c1-21(2)26-16-11-17-27(22(3)4)32(26)36-30-19-18-25-20-24-13-8-10-15-29(24)31(25)33(30)35(6)34(36)28-14-9-7-12-23(28)5/h7-19,21-22H,20H2,1-6H3/q+1. The van der Waals surface area contributed by atoms with Gasteiger partial charge in [0.1, 0.15) is 5.69 Å². The van der Waals surface area contributed by atoms with Crippen molar-refractivity contribution >= 4 is 11.0 Å². The lowest BCUT2D eigenvalue weighted by atomic mass is 9.92. The number of nitrogens with zero attached hydrogens (tertiary/aromatic N) is 2. The van der Waals surface area contributed by atoms with Crippen LogP contribution in [0, 0.1) is 6.92 Å². The Kier molecular flexibility index (Phi) is 5.37. The van der Waals surface area contributed by atoms with Gasteiger partial charge in [0.25, 0.3) is 5.82 Å². The van der Waals surface area contributed by atoms with Gasteiger partial charge in [-0.05, 0) is 59.6 Å². The predicted molar refractivity (Wildman–Crippen MR) is 151 cm³/mol. The lowest BCUT2D eigenvalue weighted by Crippen LogP contribution is -2.31. The summed E-state index contributed by atoms with van der Waals surface area (Å²) in [5, 5.41) is 0. The maximum atomic E-state index is 2.57. The predicted octanol–water partition coefficient (Wildman–Crippen LogP) is 8.25. The Bertz CT molecular complexity index is 1610. The number of rotatable bonds is 4. The van der Waals surface area contributed by atoms with Gasteiger partial charge >= 0.3 is 0 Å². The van der Waals surface area contributed by atoms with Gasteiger partial charge in [-0.2, -0.15) is 4.57 Å². The fourth-order valence-corrected chi connectivity index (χ4v) is 6.20. The number of aryl methyl sites for hydroxylation is 2. The van der Waals surface area contributed by atoms with E-state index in [9.17, 15) is 0 Å². The third-order valence-electron chi connectivity index (χ3n) is 7.97. The molecule has 6 rings (SSSR count). The van der Waals surface area contributed by atoms with Crippen LogP contribution in [0.25, 0.3) is 39.2 Å². The van der Waals surface area contributed by atoms with E-state index in [1.807, 2.05) is 0 Å². The minimum Gasteiger partial charge on any atom is -0.225 e. The van der Waals surface area contributed by atoms with E-state index in [4.69, 9.17) is 0 Å². The number of hydrogen-bond donors (Lipinski definition) is 0. The van der Waals surface area contributed by atoms with Crippen molar-refractivity contribution in [3.8, 4) is 28.2 Å². The van der Waals surface area contributed by atoms with Gasteiger partial charge in [-0.15, -0.1) is 0 Å². The molecule has 2 heteroatoms. The van der Waals surface area contributed by atoms with E-state index < -0.39 is 0 Å². The summed E-state index contributed by atoms with van der Waals surface area (Å²) in [6.45, 7) is 11.5. The fourth-order valence-electron chi connectivity index (χ4n) is 6.20. The number of fused-ring (bicyclic) bond motifs is 5. The quantitative estimate of drug-likeness (QED) is 0.229. The summed E-state index contributed by atoms with van der Waals surface area (Å²) in [4.78, 5) is 0. The van der Waals surface area contributed by atoms with Gasteiger partial charge in [0.15, 0.2) is 11.0 Å². The van der Waals surface area contributed by atoms with Gasteiger partial charge in [0.2, 0.25) is 0 Å². The molecule has 0 amide bonds. The highest BCUT2D eigenvalue weighted by atomic mass is 15.2. The van der Waals surface area contributed by atoms with E-state index in [0.29, 0.717) is 11.8 Å². The molecule has 0 N–H and O–H groups in total. The molecule has 1 aromatic heterocycles. The average Bonchev–Trinajstić information content (AvgIpc) is 3.38.